The molecule has 0 spiro atoms. The number of piperidine rings is 1. The van der Waals surface area contributed by atoms with E-state index in [1.165, 1.54) is 5.56 Å². The maximum atomic E-state index is 13.0. The molecular formula is C23H26N2O3. The van der Waals surface area contributed by atoms with Crippen LogP contribution < -0.4 is 5.32 Å². The van der Waals surface area contributed by atoms with E-state index in [0.717, 1.165) is 18.4 Å². The molecule has 2 N–H and O–H groups in total. The number of hydrogen-bond donors (Lipinski definition) is 2. The molecule has 2 atom stereocenters. The normalized spacial score (nSPS) is 23.1. The van der Waals surface area contributed by atoms with Crippen LogP contribution in [-0.2, 0) is 10.2 Å². The lowest BCUT2D eigenvalue weighted by Gasteiger charge is -2.37. The van der Waals surface area contributed by atoms with Crippen molar-refractivity contribution in [1.82, 2.24) is 10.2 Å². The first-order valence-corrected chi connectivity index (χ1v) is 9.90. The van der Waals surface area contributed by atoms with Gasteiger partial charge in [0.15, 0.2) is 0 Å². The fourth-order valence-electron chi connectivity index (χ4n) is 4.00. The van der Waals surface area contributed by atoms with Crippen LogP contribution in [0.15, 0.2) is 54.6 Å². The van der Waals surface area contributed by atoms with E-state index in [2.05, 4.69) is 5.32 Å². The SMILES string of the molecule is Cc1ccc(C2(C(=O)NC3CCN(C(=O)c4ccccc4)CC3O)CC2)cc1. The summed E-state index contributed by atoms with van der Waals surface area (Å²) < 4.78 is 0. The number of nitrogens with one attached hydrogen (secondary N) is 1. The first-order chi connectivity index (χ1) is 13.5. The van der Waals surface area contributed by atoms with Gasteiger partial charge in [-0.25, -0.2) is 0 Å². The standard InChI is InChI=1S/C23H26N2O3/c1-16-7-9-18(10-8-16)23(12-13-23)22(28)24-19-11-14-25(15-20(19)26)21(27)17-5-3-2-4-6-17/h2-10,19-20,26H,11-15H2,1H3,(H,24,28). The molecule has 2 unspecified atom stereocenters. The molecule has 1 aliphatic carbocycles. The molecule has 2 aliphatic rings. The highest BCUT2D eigenvalue weighted by Gasteiger charge is 2.52. The zero-order valence-electron chi connectivity index (χ0n) is 16.1. The third kappa shape index (κ3) is 3.54. The average molecular weight is 378 g/mol. The number of β-amino-alcohol motifs (C(OH)–C–C–N with tert-alkyl or cyclic N) is 1. The van der Waals surface area contributed by atoms with Crippen molar-refractivity contribution in [3.8, 4) is 0 Å². The van der Waals surface area contributed by atoms with Gasteiger partial charge in [-0.1, -0.05) is 48.0 Å². The van der Waals surface area contributed by atoms with Gasteiger partial charge < -0.3 is 15.3 Å². The van der Waals surface area contributed by atoms with E-state index in [-0.39, 0.29) is 24.4 Å². The maximum absolute atomic E-state index is 13.0. The van der Waals surface area contributed by atoms with E-state index < -0.39 is 11.5 Å². The molecule has 28 heavy (non-hydrogen) atoms. The van der Waals surface area contributed by atoms with Gasteiger partial charge in [0.1, 0.15) is 0 Å². The van der Waals surface area contributed by atoms with Gasteiger partial charge >= 0.3 is 0 Å². The van der Waals surface area contributed by atoms with Crippen molar-refractivity contribution in [3.05, 3.63) is 71.3 Å². The van der Waals surface area contributed by atoms with Crippen LogP contribution in [0.1, 0.15) is 40.7 Å². The molecule has 4 rings (SSSR count). The van der Waals surface area contributed by atoms with Gasteiger partial charge in [-0.05, 0) is 43.9 Å². The first kappa shape index (κ1) is 18.7. The van der Waals surface area contributed by atoms with Gasteiger partial charge in [-0.3, -0.25) is 9.59 Å². The molecule has 1 heterocycles. The number of aliphatic hydroxyl groups excluding tert-OH is 1. The molecule has 2 aromatic carbocycles. The van der Waals surface area contributed by atoms with Crippen LogP contribution in [0.25, 0.3) is 0 Å². The number of carbonyl (C=O) groups is 2. The summed E-state index contributed by atoms with van der Waals surface area (Å²) in [5, 5.41) is 13.6. The van der Waals surface area contributed by atoms with Gasteiger partial charge in [0.25, 0.3) is 5.91 Å². The maximum Gasteiger partial charge on any atom is 0.253 e. The number of amides is 2. The Morgan fingerprint density at radius 2 is 1.75 bits per heavy atom. The Hall–Kier alpha value is -2.66. The van der Waals surface area contributed by atoms with Gasteiger partial charge in [-0.15, -0.1) is 0 Å². The predicted molar refractivity (Wildman–Crippen MR) is 107 cm³/mol. The third-order valence-corrected chi connectivity index (χ3v) is 6.00. The number of nitrogens with zero attached hydrogens (tertiary/aromatic N) is 1. The number of likely N-dealkylation sites (tertiary alicyclic amines) is 1. The summed E-state index contributed by atoms with van der Waals surface area (Å²) >= 11 is 0. The topological polar surface area (TPSA) is 69.6 Å². The number of aryl methyl sites for hydroxylation is 1. The summed E-state index contributed by atoms with van der Waals surface area (Å²) in [5.74, 6) is -0.0917. The number of aliphatic hydroxyl groups is 1. The lowest BCUT2D eigenvalue weighted by molar-refractivity contribution is -0.125. The largest absolute Gasteiger partial charge is 0.389 e. The second-order valence-electron chi connectivity index (χ2n) is 8.00. The van der Waals surface area contributed by atoms with Crippen molar-refractivity contribution in [2.24, 2.45) is 0 Å². The summed E-state index contributed by atoms with van der Waals surface area (Å²) in [6.07, 6.45) is 1.46. The van der Waals surface area contributed by atoms with Gasteiger partial charge in [0, 0.05) is 18.7 Å². The third-order valence-electron chi connectivity index (χ3n) is 6.00. The molecule has 0 bridgehead atoms. The summed E-state index contributed by atoms with van der Waals surface area (Å²) in [5.41, 5.74) is 2.38. The fourth-order valence-corrected chi connectivity index (χ4v) is 4.00. The number of hydrogen-bond acceptors (Lipinski definition) is 3. The molecular weight excluding hydrogens is 352 g/mol. The summed E-state index contributed by atoms with van der Waals surface area (Å²) in [4.78, 5) is 27.2. The monoisotopic (exact) mass is 378 g/mol. The lowest BCUT2D eigenvalue weighted by Crippen LogP contribution is -2.56. The predicted octanol–water partition coefficient (Wildman–Crippen LogP) is 2.42. The van der Waals surface area contributed by atoms with E-state index in [1.54, 1.807) is 17.0 Å². The second kappa shape index (κ2) is 7.40. The Balaban J connectivity index is 1.38. The van der Waals surface area contributed by atoms with E-state index in [1.807, 2.05) is 49.4 Å². The summed E-state index contributed by atoms with van der Waals surface area (Å²) in [6, 6.07) is 16.9. The zero-order valence-corrected chi connectivity index (χ0v) is 16.1. The summed E-state index contributed by atoms with van der Waals surface area (Å²) in [7, 11) is 0. The van der Waals surface area contributed by atoms with Crippen LogP contribution in [0.2, 0.25) is 0 Å². The van der Waals surface area contributed by atoms with Crippen molar-refractivity contribution in [2.75, 3.05) is 13.1 Å². The molecule has 5 heteroatoms. The smallest absolute Gasteiger partial charge is 0.253 e. The van der Waals surface area contributed by atoms with Gasteiger partial charge in [0.05, 0.1) is 17.6 Å². The Bertz CT molecular complexity index is 859. The average Bonchev–Trinajstić information content (AvgIpc) is 3.52. The molecule has 1 saturated carbocycles. The highest BCUT2D eigenvalue weighted by Crippen LogP contribution is 2.48. The van der Waals surface area contributed by atoms with Crippen molar-refractivity contribution in [2.45, 2.75) is 43.7 Å². The van der Waals surface area contributed by atoms with E-state index in [0.29, 0.717) is 18.5 Å². The highest BCUT2D eigenvalue weighted by molar-refractivity contribution is 5.94. The Labute approximate surface area is 165 Å². The van der Waals surface area contributed by atoms with Crippen LogP contribution in [0.4, 0.5) is 0 Å². The lowest BCUT2D eigenvalue weighted by atomic mass is 9.92. The van der Waals surface area contributed by atoms with E-state index in [4.69, 9.17) is 0 Å². The van der Waals surface area contributed by atoms with E-state index >= 15 is 0 Å². The molecule has 146 valence electrons. The highest BCUT2D eigenvalue weighted by atomic mass is 16.3. The fraction of sp³-hybridized carbons (Fsp3) is 0.391. The first-order valence-electron chi connectivity index (χ1n) is 9.90. The molecule has 0 aromatic heterocycles. The van der Waals surface area contributed by atoms with Crippen molar-refractivity contribution in [3.63, 3.8) is 0 Å². The summed E-state index contributed by atoms with van der Waals surface area (Å²) in [6.45, 7) is 2.79. The van der Waals surface area contributed by atoms with Crippen molar-refractivity contribution in [1.29, 1.82) is 0 Å². The minimum atomic E-state index is -0.765. The molecule has 5 nitrogen and oxygen atoms in total. The molecule has 2 aromatic rings. The van der Waals surface area contributed by atoms with Crippen LogP contribution in [0.5, 0.6) is 0 Å². The van der Waals surface area contributed by atoms with Gasteiger partial charge in [-0.2, -0.15) is 0 Å². The minimum absolute atomic E-state index is 0.0109. The molecule has 1 aliphatic heterocycles. The molecule has 0 radical (unpaired) electrons. The number of carbonyl (C=O) groups excluding carboxylic acids is 2. The molecule has 2 amide bonds. The van der Waals surface area contributed by atoms with Crippen LogP contribution >= 0.6 is 0 Å². The zero-order chi connectivity index (χ0) is 19.7. The second-order valence-corrected chi connectivity index (χ2v) is 8.00. The Morgan fingerprint density at radius 3 is 2.36 bits per heavy atom. The number of rotatable bonds is 4. The van der Waals surface area contributed by atoms with Crippen molar-refractivity contribution < 1.29 is 14.7 Å². The minimum Gasteiger partial charge on any atom is -0.389 e. The quantitative estimate of drug-likeness (QED) is 0.858. The molecule has 1 saturated heterocycles. The van der Waals surface area contributed by atoms with Gasteiger partial charge in [0.2, 0.25) is 5.91 Å². The Kier molecular flexibility index (Phi) is 4.94. The van der Waals surface area contributed by atoms with E-state index in [9.17, 15) is 14.7 Å². The number of benzene rings is 2. The van der Waals surface area contributed by atoms with Crippen LogP contribution in [0.3, 0.4) is 0 Å². The van der Waals surface area contributed by atoms with Crippen LogP contribution in [-0.4, -0.2) is 47.1 Å². The molecule has 2 fully saturated rings. The van der Waals surface area contributed by atoms with Crippen molar-refractivity contribution >= 4 is 11.8 Å². The Morgan fingerprint density at radius 1 is 1.07 bits per heavy atom. The van der Waals surface area contributed by atoms with Crippen LogP contribution in [0, 0.1) is 6.92 Å².